The molecule has 7 nitrogen and oxygen atoms in total. The van der Waals surface area contributed by atoms with Crippen molar-refractivity contribution in [3.05, 3.63) is 94.4 Å². The topological polar surface area (TPSA) is 93.8 Å². The number of nitrogens with zero attached hydrogens (tertiary/aromatic N) is 3. The van der Waals surface area contributed by atoms with E-state index in [2.05, 4.69) is 9.97 Å². The number of Topliss-reactive ketones (excluding diaryl/α,β-unsaturated/α-hetero) is 1. The fraction of sp³-hybridized carbons (Fsp3) is 0.0435. The van der Waals surface area contributed by atoms with E-state index in [1.807, 2.05) is 24.3 Å². The van der Waals surface area contributed by atoms with Crippen molar-refractivity contribution in [2.75, 3.05) is 5.75 Å². The van der Waals surface area contributed by atoms with Crippen LogP contribution >= 0.6 is 11.8 Å². The van der Waals surface area contributed by atoms with E-state index in [1.54, 1.807) is 29.0 Å². The summed E-state index contributed by atoms with van der Waals surface area (Å²) in [5.41, 5.74) is 3.09. The first-order chi connectivity index (χ1) is 15.5. The molecule has 0 atom stereocenters. The van der Waals surface area contributed by atoms with Crippen molar-refractivity contribution in [1.29, 1.82) is 0 Å². The monoisotopic (exact) mass is 446 g/mol. The molecule has 0 aliphatic rings. The summed E-state index contributed by atoms with van der Waals surface area (Å²) in [4.78, 5) is 31.3. The SMILES string of the molecule is O=C(CSc1nc2cc([N+](=O)[O-])ccc2n1-c1ccc(F)cc1)c1c[nH]c2ccccc12. The molecule has 2 aromatic heterocycles. The highest BCUT2D eigenvalue weighted by atomic mass is 32.2. The second kappa shape index (κ2) is 7.93. The number of thioether (sulfide) groups is 1. The van der Waals surface area contributed by atoms with Gasteiger partial charge in [-0.05, 0) is 36.4 Å². The zero-order chi connectivity index (χ0) is 22.2. The van der Waals surface area contributed by atoms with Gasteiger partial charge >= 0.3 is 0 Å². The normalized spacial score (nSPS) is 11.3. The lowest BCUT2D eigenvalue weighted by molar-refractivity contribution is -0.384. The Balaban J connectivity index is 1.53. The van der Waals surface area contributed by atoms with Gasteiger partial charge in [0.1, 0.15) is 5.82 Å². The van der Waals surface area contributed by atoms with Crippen LogP contribution in [0, 0.1) is 15.9 Å². The van der Waals surface area contributed by atoms with E-state index in [1.165, 1.54) is 36.0 Å². The van der Waals surface area contributed by atoms with Crippen LogP contribution in [0.1, 0.15) is 10.4 Å². The molecule has 158 valence electrons. The summed E-state index contributed by atoms with van der Waals surface area (Å²) in [6, 6.07) is 17.8. The molecule has 1 N–H and O–H groups in total. The first-order valence-corrected chi connectivity index (χ1v) is 10.6. The third-order valence-electron chi connectivity index (χ3n) is 5.12. The van der Waals surface area contributed by atoms with Gasteiger partial charge in [0.05, 0.1) is 21.7 Å². The highest BCUT2D eigenvalue weighted by Crippen LogP contribution is 2.31. The van der Waals surface area contributed by atoms with Crippen molar-refractivity contribution in [2.45, 2.75) is 5.16 Å². The van der Waals surface area contributed by atoms with Crippen LogP contribution < -0.4 is 0 Å². The summed E-state index contributed by atoms with van der Waals surface area (Å²) >= 11 is 1.23. The third kappa shape index (κ3) is 3.52. The summed E-state index contributed by atoms with van der Waals surface area (Å²) in [7, 11) is 0. The van der Waals surface area contributed by atoms with Crippen LogP contribution in [0.2, 0.25) is 0 Å². The number of carbonyl (C=O) groups is 1. The Morgan fingerprint density at radius 2 is 1.91 bits per heavy atom. The lowest BCUT2D eigenvalue weighted by Crippen LogP contribution is -2.04. The molecule has 0 saturated heterocycles. The van der Waals surface area contributed by atoms with E-state index in [0.29, 0.717) is 27.4 Å². The fourth-order valence-corrected chi connectivity index (χ4v) is 4.52. The highest BCUT2D eigenvalue weighted by molar-refractivity contribution is 7.99. The minimum absolute atomic E-state index is 0.0730. The molecule has 0 aliphatic heterocycles. The molecule has 0 aliphatic carbocycles. The molecule has 3 aromatic carbocycles. The van der Waals surface area contributed by atoms with E-state index >= 15 is 0 Å². The summed E-state index contributed by atoms with van der Waals surface area (Å²) in [6.07, 6.45) is 1.69. The molecule has 32 heavy (non-hydrogen) atoms. The number of nitro benzene ring substituents is 1. The first-order valence-electron chi connectivity index (χ1n) is 9.66. The maximum atomic E-state index is 13.5. The van der Waals surface area contributed by atoms with Crippen molar-refractivity contribution < 1.29 is 14.1 Å². The van der Waals surface area contributed by atoms with Crippen molar-refractivity contribution in [2.24, 2.45) is 0 Å². The smallest absolute Gasteiger partial charge is 0.271 e. The fourth-order valence-electron chi connectivity index (χ4n) is 3.61. The number of ketones is 1. The van der Waals surface area contributed by atoms with Crippen LogP contribution in [0.4, 0.5) is 10.1 Å². The number of imidazole rings is 1. The number of rotatable bonds is 6. The number of para-hydroxylation sites is 1. The average molecular weight is 446 g/mol. The number of fused-ring (bicyclic) bond motifs is 2. The van der Waals surface area contributed by atoms with Crippen LogP contribution in [0.25, 0.3) is 27.6 Å². The number of H-pyrrole nitrogens is 1. The molecular weight excluding hydrogens is 431 g/mol. The molecule has 0 bridgehead atoms. The number of benzene rings is 3. The van der Waals surface area contributed by atoms with Gasteiger partial charge in [-0.1, -0.05) is 30.0 Å². The van der Waals surface area contributed by atoms with Crippen molar-refractivity contribution in [3.63, 3.8) is 0 Å². The molecule has 0 spiro atoms. The molecule has 5 aromatic rings. The van der Waals surface area contributed by atoms with Crippen molar-refractivity contribution in [3.8, 4) is 5.69 Å². The lowest BCUT2D eigenvalue weighted by atomic mass is 10.1. The maximum Gasteiger partial charge on any atom is 0.271 e. The Labute approximate surface area is 185 Å². The number of nitro groups is 1. The summed E-state index contributed by atoms with van der Waals surface area (Å²) in [5.74, 6) is -0.331. The quantitative estimate of drug-likeness (QED) is 0.160. The minimum atomic E-state index is -0.482. The number of carbonyl (C=O) groups excluding carboxylic acids is 1. The number of halogens is 1. The van der Waals surface area contributed by atoms with Crippen LogP contribution in [-0.4, -0.2) is 31.0 Å². The Morgan fingerprint density at radius 1 is 1.12 bits per heavy atom. The number of aromatic nitrogens is 3. The molecule has 2 heterocycles. The zero-order valence-corrected chi connectivity index (χ0v) is 17.3. The van der Waals surface area contributed by atoms with Crippen LogP contribution in [-0.2, 0) is 0 Å². The Kier molecular flexibility index (Phi) is 4.95. The predicted octanol–water partition coefficient (Wildman–Crippen LogP) is 5.53. The number of hydrogen-bond acceptors (Lipinski definition) is 5. The predicted molar refractivity (Wildman–Crippen MR) is 121 cm³/mol. The summed E-state index contributed by atoms with van der Waals surface area (Å²) in [6.45, 7) is 0. The standard InChI is InChI=1S/C23H15FN4O3S/c24-14-5-7-15(8-6-14)27-21-10-9-16(28(30)31)11-20(21)26-23(27)32-13-22(29)18-12-25-19-4-2-1-3-17(18)19/h1-12,25H,13H2. The minimum Gasteiger partial charge on any atom is -0.360 e. The zero-order valence-electron chi connectivity index (χ0n) is 16.5. The number of aromatic amines is 1. The van der Waals surface area contributed by atoms with Gasteiger partial charge in [0.15, 0.2) is 10.9 Å². The second-order valence-electron chi connectivity index (χ2n) is 7.10. The van der Waals surface area contributed by atoms with Gasteiger partial charge in [-0.25, -0.2) is 9.37 Å². The molecule has 9 heteroatoms. The molecular formula is C23H15FN4O3S. The second-order valence-corrected chi connectivity index (χ2v) is 8.04. The van der Waals surface area contributed by atoms with Crippen LogP contribution in [0.5, 0.6) is 0 Å². The Hall–Kier alpha value is -3.98. The Bertz CT molecular complexity index is 1490. The van der Waals surface area contributed by atoms with E-state index in [4.69, 9.17) is 0 Å². The molecule has 0 unspecified atom stereocenters. The molecule has 0 fully saturated rings. The van der Waals surface area contributed by atoms with Gasteiger partial charge in [-0.3, -0.25) is 19.5 Å². The van der Waals surface area contributed by atoms with Crippen molar-refractivity contribution in [1.82, 2.24) is 14.5 Å². The van der Waals surface area contributed by atoms with E-state index in [0.717, 1.165) is 10.9 Å². The van der Waals surface area contributed by atoms with Gasteiger partial charge < -0.3 is 4.98 Å². The van der Waals surface area contributed by atoms with E-state index in [-0.39, 0.29) is 23.0 Å². The molecule has 0 saturated carbocycles. The average Bonchev–Trinajstić information content (AvgIpc) is 3.39. The van der Waals surface area contributed by atoms with Gasteiger partial charge in [0.2, 0.25) is 0 Å². The van der Waals surface area contributed by atoms with E-state index < -0.39 is 4.92 Å². The van der Waals surface area contributed by atoms with Gasteiger partial charge in [-0.15, -0.1) is 0 Å². The summed E-state index contributed by atoms with van der Waals surface area (Å²) in [5, 5.41) is 12.5. The van der Waals surface area contributed by atoms with Crippen LogP contribution in [0.15, 0.2) is 78.1 Å². The summed E-state index contributed by atoms with van der Waals surface area (Å²) < 4.78 is 15.2. The van der Waals surface area contributed by atoms with Gasteiger partial charge in [-0.2, -0.15) is 0 Å². The number of non-ortho nitro benzene ring substituents is 1. The largest absolute Gasteiger partial charge is 0.360 e. The maximum absolute atomic E-state index is 13.5. The first kappa shape index (κ1) is 20.0. The number of hydrogen-bond donors (Lipinski definition) is 1. The molecule has 0 radical (unpaired) electrons. The highest BCUT2D eigenvalue weighted by Gasteiger charge is 2.19. The van der Waals surface area contributed by atoms with Gasteiger partial charge in [0, 0.05) is 40.5 Å². The third-order valence-corrected chi connectivity index (χ3v) is 6.06. The lowest BCUT2D eigenvalue weighted by Gasteiger charge is -2.09. The van der Waals surface area contributed by atoms with Crippen LogP contribution in [0.3, 0.4) is 0 Å². The molecule has 5 rings (SSSR count). The number of nitrogens with one attached hydrogen (secondary N) is 1. The Morgan fingerprint density at radius 3 is 2.69 bits per heavy atom. The van der Waals surface area contributed by atoms with E-state index in [9.17, 15) is 19.3 Å². The van der Waals surface area contributed by atoms with Gasteiger partial charge in [0.25, 0.3) is 5.69 Å². The molecule has 0 amide bonds. The van der Waals surface area contributed by atoms with Crippen molar-refractivity contribution >= 4 is 45.2 Å².